The molecule has 0 bridgehead atoms. The Kier molecular flexibility index (Phi) is 3.83. The zero-order valence-electron chi connectivity index (χ0n) is 12.0. The molecule has 0 amide bonds. The number of hydrogen-bond acceptors (Lipinski definition) is 3. The van der Waals surface area contributed by atoms with Gasteiger partial charge in [-0.3, -0.25) is 9.67 Å². The normalized spacial score (nSPS) is 21.7. The average molecular weight is 270 g/mol. The summed E-state index contributed by atoms with van der Waals surface area (Å²) in [5, 5.41) is 4.52. The molecule has 20 heavy (non-hydrogen) atoms. The van der Waals surface area contributed by atoms with Crippen molar-refractivity contribution in [1.82, 2.24) is 14.8 Å². The van der Waals surface area contributed by atoms with Gasteiger partial charge in [0, 0.05) is 18.0 Å². The molecule has 0 aliphatic heterocycles. The fourth-order valence-electron chi connectivity index (χ4n) is 3.01. The summed E-state index contributed by atoms with van der Waals surface area (Å²) in [5.41, 5.74) is 8.91. The van der Waals surface area contributed by atoms with E-state index in [4.69, 9.17) is 5.73 Å². The van der Waals surface area contributed by atoms with Gasteiger partial charge >= 0.3 is 0 Å². The van der Waals surface area contributed by atoms with Gasteiger partial charge in [0.1, 0.15) is 0 Å². The number of rotatable bonds is 5. The van der Waals surface area contributed by atoms with Gasteiger partial charge < -0.3 is 5.73 Å². The summed E-state index contributed by atoms with van der Waals surface area (Å²) < 4.78 is 2.11. The number of nitrogens with two attached hydrogens (primary N) is 1. The predicted octanol–water partition coefficient (Wildman–Crippen LogP) is 2.94. The highest BCUT2D eigenvalue weighted by molar-refractivity contribution is 5.60. The first-order valence-corrected chi connectivity index (χ1v) is 7.44. The summed E-state index contributed by atoms with van der Waals surface area (Å²) in [6.45, 7) is 2.90. The van der Waals surface area contributed by atoms with Gasteiger partial charge in [0.2, 0.25) is 0 Å². The van der Waals surface area contributed by atoms with Crippen molar-refractivity contribution in [3.8, 4) is 11.3 Å². The lowest BCUT2D eigenvalue weighted by Gasteiger charge is -2.35. The van der Waals surface area contributed by atoms with Crippen LogP contribution in [0.4, 0.5) is 0 Å². The molecule has 0 atom stereocenters. The predicted molar refractivity (Wildman–Crippen MR) is 80.2 cm³/mol. The summed E-state index contributed by atoms with van der Waals surface area (Å²) in [6, 6.07) is 4.62. The molecule has 0 spiro atoms. The van der Waals surface area contributed by atoms with Crippen molar-refractivity contribution in [2.24, 2.45) is 11.7 Å². The Labute approximate surface area is 120 Å². The van der Waals surface area contributed by atoms with Gasteiger partial charge in [0.15, 0.2) is 0 Å². The third-order valence-corrected chi connectivity index (χ3v) is 4.29. The van der Waals surface area contributed by atoms with E-state index in [-0.39, 0.29) is 0 Å². The standard InChI is InChI=1S/C16H22N4/c1-12-4-3-7-18-16(12)14-10-19-20(11-14)15-8-13(9-15)5-2-6-17/h3-4,7,10-11,13,15H,2,5-6,8-9,17H2,1H3. The number of pyridine rings is 1. The minimum atomic E-state index is 0.565. The third-order valence-electron chi connectivity index (χ3n) is 4.29. The molecular formula is C16H22N4. The van der Waals surface area contributed by atoms with Gasteiger partial charge in [-0.05, 0) is 56.7 Å². The Morgan fingerprint density at radius 3 is 3.00 bits per heavy atom. The quantitative estimate of drug-likeness (QED) is 0.908. The largest absolute Gasteiger partial charge is 0.330 e. The molecule has 1 fully saturated rings. The topological polar surface area (TPSA) is 56.7 Å². The van der Waals surface area contributed by atoms with E-state index in [1.807, 2.05) is 18.5 Å². The number of nitrogens with zero attached hydrogens (tertiary/aromatic N) is 3. The Morgan fingerprint density at radius 2 is 2.25 bits per heavy atom. The molecular weight excluding hydrogens is 248 g/mol. The summed E-state index contributed by atoms with van der Waals surface area (Å²) >= 11 is 0. The van der Waals surface area contributed by atoms with Gasteiger partial charge in [-0.15, -0.1) is 0 Å². The van der Waals surface area contributed by atoms with Crippen molar-refractivity contribution in [2.45, 2.75) is 38.6 Å². The molecule has 4 nitrogen and oxygen atoms in total. The highest BCUT2D eigenvalue weighted by atomic mass is 15.3. The van der Waals surface area contributed by atoms with Crippen molar-refractivity contribution < 1.29 is 0 Å². The van der Waals surface area contributed by atoms with E-state index in [2.05, 4.69) is 34.0 Å². The van der Waals surface area contributed by atoms with Crippen molar-refractivity contribution in [3.63, 3.8) is 0 Å². The summed E-state index contributed by atoms with van der Waals surface area (Å²) in [4.78, 5) is 4.45. The van der Waals surface area contributed by atoms with E-state index in [1.54, 1.807) is 0 Å². The second-order valence-corrected chi connectivity index (χ2v) is 5.80. The second-order valence-electron chi connectivity index (χ2n) is 5.80. The maximum Gasteiger partial charge on any atom is 0.0762 e. The van der Waals surface area contributed by atoms with Gasteiger partial charge in [0.05, 0.1) is 17.9 Å². The Bertz CT molecular complexity index is 569. The lowest BCUT2D eigenvalue weighted by molar-refractivity contribution is 0.171. The van der Waals surface area contributed by atoms with Crippen LogP contribution in [0.3, 0.4) is 0 Å². The van der Waals surface area contributed by atoms with Crippen molar-refractivity contribution in [1.29, 1.82) is 0 Å². The number of aryl methyl sites for hydroxylation is 1. The minimum Gasteiger partial charge on any atom is -0.330 e. The Morgan fingerprint density at radius 1 is 1.40 bits per heavy atom. The van der Waals surface area contributed by atoms with E-state index >= 15 is 0 Å². The molecule has 1 aliphatic rings. The van der Waals surface area contributed by atoms with Crippen LogP contribution < -0.4 is 5.73 Å². The smallest absolute Gasteiger partial charge is 0.0762 e. The molecule has 2 heterocycles. The molecule has 0 unspecified atom stereocenters. The minimum absolute atomic E-state index is 0.565. The maximum absolute atomic E-state index is 5.56. The highest BCUT2D eigenvalue weighted by Crippen LogP contribution is 2.40. The molecule has 0 aromatic carbocycles. The monoisotopic (exact) mass is 270 g/mol. The van der Waals surface area contributed by atoms with Crippen LogP contribution in [0, 0.1) is 12.8 Å². The third kappa shape index (κ3) is 2.61. The SMILES string of the molecule is Cc1cccnc1-c1cnn(C2CC(CCCN)C2)c1. The van der Waals surface area contributed by atoms with E-state index in [0.29, 0.717) is 6.04 Å². The molecule has 106 valence electrons. The zero-order valence-corrected chi connectivity index (χ0v) is 12.0. The van der Waals surface area contributed by atoms with E-state index in [9.17, 15) is 0 Å². The van der Waals surface area contributed by atoms with Crippen LogP contribution in [0.1, 0.15) is 37.3 Å². The van der Waals surface area contributed by atoms with Crippen LogP contribution >= 0.6 is 0 Å². The van der Waals surface area contributed by atoms with E-state index in [0.717, 1.165) is 30.1 Å². The molecule has 4 heteroatoms. The van der Waals surface area contributed by atoms with Crippen LogP contribution in [-0.4, -0.2) is 21.3 Å². The highest BCUT2D eigenvalue weighted by Gasteiger charge is 2.30. The van der Waals surface area contributed by atoms with Gasteiger partial charge in [-0.2, -0.15) is 5.10 Å². The number of aromatic nitrogens is 3. The van der Waals surface area contributed by atoms with E-state index < -0.39 is 0 Å². The lowest BCUT2D eigenvalue weighted by atomic mass is 9.77. The second kappa shape index (κ2) is 5.75. The van der Waals surface area contributed by atoms with Crippen LogP contribution in [0.5, 0.6) is 0 Å². The number of hydrogen-bond donors (Lipinski definition) is 1. The fraction of sp³-hybridized carbons (Fsp3) is 0.500. The average Bonchev–Trinajstić information content (AvgIpc) is 2.87. The molecule has 0 saturated heterocycles. The first kappa shape index (κ1) is 13.3. The van der Waals surface area contributed by atoms with Gasteiger partial charge in [0.25, 0.3) is 0 Å². The molecule has 2 aromatic heterocycles. The van der Waals surface area contributed by atoms with Crippen LogP contribution in [0.2, 0.25) is 0 Å². The first-order chi connectivity index (χ1) is 9.78. The summed E-state index contributed by atoms with van der Waals surface area (Å²) in [5.74, 6) is 0.841. The van der Waals surface area contributed by atoms with Crippen LogP contribution in [0.25, 0.3) is 11.3 Å². The molecule has 2 N–H and O–H groups in total. The fourth-order valence-corrected chi connectivity index (χ4v) is 3.01. The van der Waals surface area contributed by atoms with Crippen molar-refractivity contribution >= 4 is 0 Å². The van der Waals surface area contributed by atoms with Crippen molar-refractivity contribution in [3.05, 3.63) is 36.3 Å². The molecule has 0 radical (unpaired) electrons. The van der Waals surface area contributed by atoms with E-state index in [1.165, 1.54) is 24.8 Å². The lowest BCUT2D eigenvalue weighted by Crippen LogP contribution is -2.27. The van der Waals surface area contributed by atoms with Gasteiger partial charge in [-0.1, -0.05) is 6.07 Å². The molecule has 1 aliphatic carbocycles. The maximum atomic E-state index is 5.56. The van der Waals surface area contributed by atoms with Crippen molar-refractivity contribution in [2.75, 3.05) is 6.54 Å². The Balaban J connectivity index is 1.66. The van der Waals surface area contributed by atoms with Crippen LogP contribution in [-0.2, 0) is 0 Å². The van der Waals surface area contributed by atoms with Crippen LogP contribution in [0.15, 0.2) is 30.7 Å². The molecule has 1 saturated carbocycles. The van der Waals surface area contributed by atoms with Gasteiger partial charge in [-0.25, -0.2) is 0 Å². The Hall–Kier alpha value is -1.68. The first-order valence-electron chi connectivity index (χ1n) is 7.44. The molecule has 2 aromatic rings. The summed E-state index contributed by atoms with van der Waals surface area (Å²) in [6.07, 6.45) is 10.8. The molecule has 3 rings (SSSR count). The zero-order chi connectivity index (χ0) is 13.9. The summed E-state index contributed by atoms with van der Waals surface area (Å²) in [7, 11) is 0.